The molecule has 28 heavy (non-hydrogen) atoms. The smallest absolute Gasteiger partial charge is 0.290 e. The van der Waals surface area contributed by atoms with Crippen molar-refractivity contribution in [2.45, 2.75) is 51.7 Å². The normalized spacial score (nSPS) is 22.0. The van der Waals surface area contributed by atoms with Gasteiger partial charge in [-0.25, -0.2) is 4.98 Å². The van der Waals surface area contributed by atoms with Crippen LogP contribution in [0.5, 0.6) is 0 Å². The molecule has 3 rings (SSSR count). The lowest BCUT2D eigenvalue weighted by molar-refractivity contribution is -0.123. The molecule has 2 fully saturated rings. The lowest BCUT2D eigenvalue weighted by Gasteiger charge is -2.48. The number of thiazole rings is 1. The summed E-state index contributed by atoms with van der Waals surface area (Å²) in [5.74, 6) is 0.522. The van der Waals surface area contributed by atoms with Gasteiger partial charge in [-0.05, 0) is 50.7 Å². The van der Waals surface area contributed by atoms with Crippen LogP contribution in [0.1, 0.15) is 49.7 Å². The molecule has 0 radical (unpaired) electrons. The fraction of sp³-hybridized carbons (Fsp3) is 0.737. The average molecular weight is 416 g/mol. The van der Waals surface area contributed by atoms with Gasteiger partial charge in [0.05, 0.1) is 18.3 Å². The minimum Gasteiger partial charge on any atom is -0.483 e. The molecule has 1 unspecified atom stereocenters. The number of hydrogen-bond donors (Lipinski definition) is 3. The zero-order valence-corrected chi connectivity index (χ0v) is 17.8. The number of hydrogen-bond acceptors (Lipinski definition) is 7. The third-order valence-corrected chi connectivity index (χ3v) is 6.08. The van der Waals surface area contributed by atoms with Gasteiger partial charge in [0, 0.05) is 18.5 Å². The van der Waals surface area contributed by atoms with E-state index in [1.165, 1.54) is 23.5 Å². The number of likely N-dealkylation sites (N-methyl/N-ethyl adjacent to an activating group) is 1. The number of nitrogens with zero attached hydrogens (tertiary/aromatic N) is 3. The van der Waals surface area contributed by atoms with Gasteiger partial charge in [0.2, 0.25) is 0 Å². The fourth-order valence-electron chi connectivity index (χ4n) is 4.03. The molecular weight excluding hydrogens is 382 g/mol. The Balaban J connectivity index is 0.000000582. The molecule has 0 aliphatic carbocycles. The van der Waals surface area contributed by atoms with E-state index in [9.17, 15) is 5.11 Å². The van der Waals surface area contributed by atoms with Crippen LogP contribution >= 0.6 is 11.3 Å². The number of likely N-dealkylation sites (tertiary alicyclic amines) is 2. The van der Waals surface area contributed by atoms with E-state index < -0.39 is 0 Å². The molecule has 160 valence electrons. The maximum Gasteiger partial charge on any atom is 0.290 e. The van der Waals surface area contributed by atoms with E-state index in [2.05, 4.69) is 36.1 Å². The summed E-state index contributed by atoms with van der Waals surface area (Å²) in [6.07, 6.45) is 3.26. The minimum absolute atomic E-state index is 0.141. The zero-order valence-electron chi connectivity index (χ0n) is 17.0. The molecule has 0 bridgehead atoms. The fourth-order valence-corrected chi connectivity index (χ4v) is 5.02. The first-order valence-corrected chi connectivity index (χ1v) is 10.4. The molecule has 1 aromatic rings. The largest absolute Gasteiger partial charge is 0.483 e. The predicted molar refractivity (Wildman–Crippen MR) is 109 cm³/mol. The van der Waals surface area contributed by atoms with Crippen molar-refractivity contribution in [3.8, 4) is 0 Å². The van der Waals surface area contributed by atoms with Gasteiger partial charge in [-0.1, -0.05) is 13.8 Å². The Morgan fingerprint density at radius 1 is 1.29 bits per heavy atom. The van der Waals surface area contributed by atoms with Crippen LogP contribution in [0, 0.1) is 5.41 Å². The van der Waals surface area contributed by atoms with Gasteiger partial charge < -0.3 is 20.2 Å². The second kappa shape index (κ2) is 12.1. The monoisotopic (exact) mass is 415 g/mol. The highest BCUT2D eigenvalue weighted by Crippen LogP contribution is 2.39. The number of rotatable bonds is 3. The van der Waals surface area contributed by atoms with Gasteiger partial charge in [-0.15, -0.1) is 11.3 Å². The van der Waals surface area contributed by atoms with Crippen molar-refractivity contribution >= 4 is 24.3 Å². The molecule has 1 spiro atoms. The number of carboxylic acid groups (broad SMARTS) is 2. The lowest BCUT2D eigenvalue weighted by Crippen LogP contribution is -2.52. The zero-order chi connectivity index (χ0) is 21.2. The molecule has 1 atom stereocenters. The Morgan fingerprint density at radius 3 is 2.32 bits per heavy atom. The third-order valence-electron chi connectivity index (χ3n) is 5.23. The predicted octanol–water partition coefficient (Wildman–Crippen LogP) is 1.95. The summed E-state index contributed by atoms with van der Waals surface area (Å²) in [5.41, 5.74) is 1.57. The van der Waals surface area contributed by atoms with E-state index in [-0.39, 0.29) is 19.0 Å². The maximum absolute atomic E-state index is 10.1. The van der Waals surface area contributed by atoms with Gasteiger partial charge in [-0.2, -0.15) is 0 Å². The molecule has 9 heteroatoms. The van der Waals surface area contributed by atoms with E-state index in [1.54, 1.807) is 11.3 Å². The topological polar surface area (TPSA) is 114 Å². The van der Waals surface area contributed by atoms with Crippen molar-refractivity contribution < 1.29 is 24.9 Å². The second-order valence-corrected chi connectivity index (χ2v) is 8.81. The van der Waals surface area contributed by atoms with Gasteiger partial charge in [0.1, 0.15) is 5.01 Å². The molecule has 8 nitrogen and oxygen atoms in total. The standard InChI is InChI=1S/C17H29N3OS.2CH2O2/c1-13(2)15-11-22-16(18-15)10-20-6-4-17(5-7-20)8-14(21)9-19(3)12-17;2*2-1-3/h11,13-14,21H,4-10,12H2,1-3H3;2*1H,(H,2,3). The van der Waals surface area contributed by atoms with Crippen LogP contribution in [0.4, 0.5) is 0 Å². The van der Waals surface area contributed by atoms with Crippen LogP contribution < -0.4 is 0 Å². The number of aliphatic hydroxyl groups excluding tert-OH is 1. The Morgan fingerprint density at radius 2 is 1.86 bits per heavy atom. The van der Waals surface area contributed by atoms with Crippen molar-refractivity contribution in [1.29, 1.82) is 0 Å². The summed E-state index contributed by atoms with van der Waals surface area (Å²) in [6, 6.07) is 0. The van der Waals surface area contributed by atoms with E-state index in [0.29, 0.717) is 11.3 Å². The molecule has 2 aliphatic heterocycles. The molecule has 2 saturated heterocycles. The third kappa shape index (κ3) is 7.83. The second-order valence-electron chi connectivity index (χ2n) is 7.86. The molecule has 0 aromatic carbocycles. The lowest BCUT2D eigenvalue weighted by atomic mass is 9.72. The quantitative estimate of drug-likeness (QED) is 0.642. The summed E-state index contributed by atoms with van der Waals surface area (Å²) < 4.78 is 0. The minimum atomic E-state index is -0.250. The van der Waals surface area contributed by atoms with Crippen molar-refractivity contribution in [1.82, 2.24) is 14.8 Å². The molecule has 0 saturated carbocycles. The summed E-state index contributed by atoms with van der Waals surface area (Å²) in [5, 5.41) is 27.3. The van der Waals surface area contributed by atoms with Crippen LogP contribution in [0.3, 0.4) is 0 Å². The highest BCUT2D eigenvalue weighted by Gasteiger charge is 2.40. The van der Waals surface area contributed by atoms with Crippen LogP contribution in [-0.2, 0) is 16.1 Å². The van der Waals surface area contributed by atoms with Crippen molar-refractivity contribution in [2.75, 3.05) is 33.2 Å². The maximum atomic E-state index is 10.1. The molecule has 3 N–H and O–H groups in total. The Hall–Kier alpha value is -1.55. The summed E-state index contributed by atoms with van der Waals surface area (Å²) in [4.78, 5) is 26.3. The molecule has 1 aromatic heterocycles. The van der Waals surface area contributed by atoms with Crippen LogP contribution in [0.25, 0.3) is 0 Å². The number of aliphatic hydroxyl groups is 1. The van der Waals surface area contributed by atoms with Crippen LogP contribution in [0.15, 0.2) is 5.38 Å². The van der Waals surface area contributed by atoms with E-state index >= 15 is 0 Å². The van der Waals surface area contributed by atoms with Crippen LogP contribution in [0.2, 0.25) is 0 Å². The molecule has 2 aliphatic rings. The molecule has 0 amide bonds. The van der Waals surface area contributed by atoms with Crippen molar-refractivity contribution in [3.63, 3.8) is 0 Å². The number of β-amino-alcohol motifs (C(OH)–C–C–N with tert-alkyl or cyclic N) is 1. The SMILES string of the molecule is CC(C)c1csc(CN2CCC3(CC2)CC(O)CN(C)C3)n1.O=CO.O=CO. The van der Waals surface area contributed by atoms with Gasteiger partial charge >= 0.3 is 0 Å². The van der Waals surface area contributed by atoms with Gasteiger partial charge in [0.15, 0.2) is 0 Å². The van der Waals surface area contributed by atoms with Crippen LogP contribution in [-0.4, -0.2) is 82.4 Å². The summed E-state index contributed by atoms with van der Waals surface area (Å²) in [7, 11) is 2.14. The van der Waals surface area contributed by atoms with E-state index in [0.717, 1.165) is 39.1 Å². The first-order chi connectivity index (χ1) is 13.3. The summed E-state index contributed by atoms with van der Waals surface area (Å²) in [6.45, 7) is 9.15. The number of aromatic nitrogens is 1. The molecular formula is C19H33N3O5S. The van der Waals surface area contributed by atoms with Gasteiger partial charge in [0.25, 0.3) is 12.9 Å². The number of piperidine rings is 2. The van der Waals surface area contributed by atoms with Crippen molar-refractivity contribution in [3.05, 3.63) is 16.1 Å². The Kier molecular flexibility index (Phi) is 10.6. The molecule has 3 heterocycles. The summed E-state index contributed by atoms with van der Waals surface area (Å²) >= 11 is 1.80. The Labute approximate surface area is 170 Å². The number of carbonyl (C=O) groups is 2. The highest BCUT2D eigenvalue weighted by molar-refractivity contribution is 7.09. The highest BCUT2D eigenvalue weighted by atomic mass is 32.1. The Bertz CT molecular complexity index is 570. The van der Waals surface area contributed by atoms with Crippen molar-refractivity contribution in [2.24, 2.45) is 5.41 Å². The van der Waals surface area contributed by atoms with E-state index in [1.807, 2.05) is 0 Å². The van der Waals surface area contributed by atoms with E-state index in [4.69, 9.17) is 24.8 Å². The van der Waals surface area contributed by atoms with Gasteiger partial charge in [-0.3, -0.25) is 14.5 Å². The average Bonchev–Trinajstić information content (AvgIpc) is 3.06. The first kappa shape index (κ1) is 24.5. The first-order valence-electron chi connectivity index (χ1n) is 9.48.